The van der Waals surface area contributed by atoms with Crippen LogP contribution in [-0.4, -0.2) is 37.9 Å². The highest BCUT2D eigenvalue weighted by molar-refractivity contribution is 7.99. The molecule has 0 unspecified atom stereocenters. The number of hydrogen-bond donors (Lipinski definition) is 1. The maximum Gasteiger partial charge on any atom is 0.230 e. The lowest BCUT2D eigenvalue weighted by molar-refractivity contribution is -0.119. The van der Waals surface area contributed by atoms with Gasteiger partial charge in [-0.1, -0.05) is 37.6 Å². The number of thioether (sulfide) groups is 1. The maximum absolute atomic E-state index is 13.3. The molecule has 0 bridgehead atoms. The van der Waals surface area contributed by atoms with Crippen LogP contribution in [0.4, 0.5) is 4.39 Å². The zero-order valence-electron chi connectivity index (χ0n) is 13.5. The first-order valence-corrected chi connectivity index (χ1v) is 9.08. The molecule has 1 aliphatic carbocycles. The molecular weight excluding hydrogens is 329 g/mol. The molecule has 1 N–H and O–H groups in total. The van der Waals surface area contributed by atoms with Gasteiger partial charge in [-0.3, -0.25) is 4.79 Å². The van der Waals surface area contributed by atoms with Crippen LogP contribution in [0.2, 0.25) is 0 Å². The summed E-state index contributed by atoms with van der Waals surface area (Å²) in [6.07, 6.45) is 4.61. The Morgan fingerprint density at radius 2 is 2.25 bits per heavy atom. The summed E-state index contributed by atoms with van der Waals surface area (Å²) in [5.41, 5.74) is 0.531. The normalized spacial score (nSPS) is 20.8. The molecule has 2 aromatic rings. The second-order valence-electron chi connectivity index (χ2n) is 6.08. The van der Waals surface area contributed by atoms with Crippen molar-refractivity contribution >= 4 is 17.7 Å². The van der Waals surface area contributed by atoms with Crippen LogP contribution in [0.25, 0.3) is 5.69 Å². The molecule has 0 spiro atoms. The van der Waals surface area contributed by atoms with E-state index in [-0.39, 0.29) is 23.5 Å². The van der Waals surface area contributed by atoms with Gasteiger partial charge in [0.2, 0.25) is 11.1 Å². The summed E-state index contributed by atoms with van der Waals surface area (Å²) in [4.78, 5) is 12.2. The number of carbonyl (C=O) groups is 1. The number of rotatable bonds is 5. The minimum atomic E-state index is -0.358. The molecule has 0 radical (unpaired) electrons. The van der Waals surface area contributed by atoms with Gasteiger partial charge >= 0.3 is 0 Å². The molecule has 1 amide bonds. The van der Waals surface area contributed by atoms with E-state index < -0.39 is 0 Å². The molecule has 3 rings (SSSR count). The first-order chi connectivity index (χ1) is 11.6. The molecule has 0 saturated heterocycles. The number of halogens is 1. The number of nitrogens with one attached hydrogen (secondary N) is 1. The number of benzene rings is 1. The Morgan fingerprint density at radius 3 is 3.04 bits per heavy atom. The van der Waals surface area contributed by atoms with Crippen LogP contribution < -0.4 is 5.32 Å². The lowest BCUT2D eigenvalue weighted by Crippen LogP contribution is -2.41. The number of amides is 1. The van der Waals surface area contributed by atoms with Crippen molar-refractivity contribution in [2.45, 2.75) is 43.8 Å². The number of carbonyl (C=O) groups excluding carboxylic acids is 1. The summed E-state index contributed by atoms with van der Waals surface area (Å²) in [6, 6.07) is 6.28. The molecule has 1 aromatic carbocycles. The fourth-order valence-electron chi connectivity index (χ4n) is 2.95. The zero-order valence-corrected chi connectivity index (χ0v) is 14.3. The van der Waals surface area contributed by atoms with Gasteiger partial charge in [-0.25, -0.2) is 4.39 Å². The Morgan fingerprint density at radius 1 is 1.42 bits per heavy atom. The third-order valence-electron chi connectivity index (χ3n) is 4.28. The number of nitrogens with zero attached hydrogens (tertiary/aromatic N) is 4. The number of tetrazole rings is 1. The summed E-state index contributed by atoms with van der Waals surface area (Å²) in [5, 5.41) is 15.0. The van der Waals surface area contributed by atoms with Gasteiger partial charge in [-0.05, 0) is 47.4 Å². The summed E-state index contributed by atoms with van der Waals surface area (Å²) in [7, 11) is 0. The van der Waals surface area contributed by atoms with Gasteiger partial charge in [0.05, 0.1) is 11.4 Å². The fraction of sp³-hybridized carbons (Fsp3) is 0.500. The van der Waals surface area contributed by atoms with E-state index in [4.69, 9.17) is 0 Å². The van der Waals surface area contributed by atoms with E-state index in [0.717, 1.165) is 12.8 Å². The van der Waals surface area contributed by atoms with Crippen molar-refractivity contribution in [3.05, 3.63) is 30.1 Å². The molecule has 8 heteroatoms. The monoisotopic (exact) mass is 349 g/mol. The maximum atomic E-state index is 13.3. The van der Waals surface area contributed by atoms with E-state index in [1.807, 2.05) is 0 Å². The average Bonchev–Trinajstić information content (AvgIpc) is 3.04. The lowest BCUT2D eigenvalue weighted by atomic mass is 9.86. The Labute approximate surface area is 144 Å². The van der Waals surface area contributed by atoms with Crippen LogP contribution in [0.5, 0.6) is 0 Å². The van der Waals surface area contributed by atoms with Crippen molar-refractivity contribution < 1.29 is 9.18 Å². The van der Waals surface area contributed by atoms with Gasteiger partial charge < -0.3 is 5.32 Å². The third kappa shape index (κ3) is 4.11. The zero-order chi connectivity index (χ0) is 16.9. The van der Waals surface area contributed by atoms with Crippen molar-refractivity contribution in [2.75, 3.05) is 5.75 Å². The molecule has 128 valence electrons. The lowest BCUT2D eigenvalue weighted by Gasteiger charge is -2.29. The third-order valence-corrected chi connectivity index (χ3v) is 5.20. The van der Waals surface area contributed by atoms with Crippen molar-refractivity contribution in [3.8, 4) is 5.69 Å². The second kappa shape index (κ2) is 7.74. The number of aromatic nitrogens is 4. The highest BCUT2D eigenvalue weighted by Gasteiger charge is 2.23. The minimum Gasteiger partial charge on any atom is -0.352 e. The van der Waals surface area contributed by atoms with Gasteiger partial charge in [-0.15, -0.1) is 5.10 Å². The summed E-state index contributed by atoms with van der Waals surface area (Å²) in [6.45, 7) is 2.18. The highest BCUT2D eigenvalue weighted by atomic mass is 32.2. The molecule has 24 heavy (non-hydrogen) atoms. The SMILES string of the molecule is C[C@H]1CCCC[C@H]1NC(=O)CSc1nnnn1-c1cccc(F)c1. The van der Waals surface area contributed by atoms with Crippen LogP contribution in [-0.2, 0) is 4.79 Å². The van der Waals surface area contributed by atoms with Crippen molar-refractivity contribution in [3.63, 3.8) is 0 Å². The van der Waals surface area contributed by atoms with Crippen LogP contribution in [0.3, 0.4) is 0 Å². The topological polar surface area (TPSA) is 72.7 Å². The van der Waals surface area contributed by atoms with Gasteiger partial charge in [-0.2, -0.15) is 4.68 Å². The molecule has 1 heterocycles. The van der Waals surface area contributed by atoms with Crippen molar-refractivity contribution in [1.82, 2.24) is 25.5 Å². The van der Waals surface area contributed by atoms with E-state index in [0.29, 0.717) is 16.8 Å². The Bertz CT molecular complexity index is 707. The Kier molecular flexibility index (Phi) is 5.44. The quantitative estimate of drug-likeness (QED) is 0.840. The smallest absolute Gasteiger partial charge is 0.230 e. The van der Waals surface area contributed by atoms with Crippen LogP contribution in [0, 0.1) is 11.7 Å². The number of hydrogen-bond acceptors (Lipinski definition) is 5. The molecule has 2 atom stereocenters. The standard InChI is InChI=1S/C16H20FN5OS/c1-11-5-2-3-8-14(11)18-15(23)10-24-16-19-20-21-22(16)13-7-4-6-12(17)9-13/h4,6-7,9,11,14H,2-3,5,8,10H2,1H3,(H,18,23)/t11-,14+/m0/s1. The molecule has 0 aliphatic heterocycles. The molecule has 1 aromatic heterocycles. The van der Waals surface area contributed by atoms with E-state index in [2.05, 4.69) is 27.8 Å². The van der Waals surface area contributed by atoms with Gasteiger partial charge in [0, 0.05) is 6.04 Å². The van der Waals surface area contributed by atoms with E-state index in [1.165, 1.54) is 41.4 Å². The van der Waals surface area contributed by atoms with Gasteiger partial charge in [0.15, 0.2) is 0 Å². The molecular formula is C16H20FN5OS. The van der Waals surface area contributed by atoms with Gasteiger partial charge in [0.1, 0.15) is 5.82 Å². The predicted molar refractivity (Wildman–Crippen MR) is 89.4 cm³/mol. The summed E-state index contributed by atoms with van der Waals surface area (Å²) < 4.78 is 14.8. The molecule has 1 saturated carbocycles. The average molecular weight is 349 g/mol. The minimum absolute atomic E-state index is 0.0208. The van der Waals surface area contributed by atoms with Crippen LogP contribution >= 0.6 is 11.8 Å². The Balaban J connectivity index is 1.59. The first kappa shape index (κ1) is 16.9. The van der Waals surface area contributed by atoms with E-state index in [1.54, 1.807) is 12.1 Å². The molecule has 1 aliphatic rings. The summed E-state index contributed by atoms with van der Waals surface area (Å²) in [5.74, 6) is 0.375. The first-order valence-electron chi connectivity index (χ1n) is 8.10. The molecule has 1 fully saturated rings. The molecule has 6 nitrogen and oxygen atoms in total. The predicted octanol–water partition coefficient (Wildman–Crippen LogP) is 2.59. The Hall–Kier alpha value is -1.96. The van der Waals surface area contributed by atoms with Crippen molar-refractivity contribution in [2.24, 2.45) is 5.92 Å². The largest absolute Gasteiger partial charge is 0.352 e. The highest BCUT2D eigenvalue weighted by Crippen LogP contribution is 2.24. The van der Waals surface area contributed by atoms with E-state index >= 15 is 0 Å². The van der Waals surface area contributed by atoms with Crippen LogP contribution in [0.1, 0.15) is 32.6 Å². The summed E-state index contributed by atoms with van der Waals surface area (Å²) >= 11 is 1.24. The second-order valence-corrected chi connectivity index (χ2v) is 7.02. The van der Waals surface area contributed by atoms with Crippen LogP contribution in [0.15, 0.2) is 29.4 Å². The van der Waals surface area contributed by atoms with E-state index in [9.17, 15) is 9.18 Å². The fourth-order valence-corrected chi connectivity index (χ4v) is 3.65. The van der Waals surface area contributed by atoms with Gasteiger partial charge in [0.25, 0.3) is 0 Å². The van der Waals surface area contributed by atoms with Crippen molar-refractivity contribution in [1.29, 1.82) is 0 Å².